The summed E-state index contributed by atoms with van der Waals surface area (Å²) in [6.07, 6.45) is 0. The van der Waals surface area contributed by atoms with Crippen LogP contribution in [0.25, 0.3) is 10.4 Å². The third-order valence-electron chi connectivity index (χ3n) is 1.98. The predicted octanol–water partition coefficient (Wildman–Crippen LogP) is 2.02. The summed E-state index contributed by atoms with van der Waals surface area (Å²) in [5.41, 5.74) is 8.04. The fourth-order valence-electron chi connectivity index (χ4n) is 0.938. The van der Waals surface area contributed by atoms with Gasteiger partial charge in [0.05, 0.1) is 0 Å². The summed E-state index contributed by atoms with van der Waals surface area (Å²) >= 11 is 0. The van der Waals surface area contributed by atoms with Crippen LogP contribution < -0.4 is 0 Å². The lowest BCUT2D eigenvalue weighted by Gasteiger charge is -2.28. The highest BCUT2D eigenvalue weighted by Gasteiger charge is 2.22. The molecule has 0 aromatic heterocycles. The van der Waals surface area contributed by atoms with Crippen molar-refractivity contribution in [2.45, 2.75) is 20.8 Å². The van der Waals surface area contributed by atoms with Crippen LogP contribution in [0.2, 0.25) is 0 Å². The fraction of sp³-hybridized carbons (Fsp3) is 1.00. The summed E-state index contributed by atoms with van der Waals surface area (Å²) in [6, 6.07) is 0. The van der Waals surface area contributed by atoms with Crippen molar-refractivity contribution in [1.29, 1.82) is 0 Å². The standard InChI is InChI=1S/C6H15N4O/c1-4-10(5-2,6-3)11-9-8-7/h4-6H2,1-3H3/q+1. The lowest BCUT2D eigenvalue weighted by atomic mass is 10.5. The SMILES string of the molecule is CC[N+](CC)(CC)ON=[N+]=[N-]. The van der Waals surface area contributed by atoms with Crippen LogP contribution >= 0.6 is 0 Å². The molecule has 0 aliphatic carbocycles. The molecule has 11 heavy (non-hydrogen) atoms. The Bertz CT molecular complexity index is 140. The zero-order valence-electron chi connectivity index (χ0n) is 7.32. The highest BCUT2D eigenvalue weighted by molar-refractivity contribution is 4.28. The summed E-state index contributed by atoms with van der Waals surface area (Å²) < 4.78 is 0.393. The van der Waals surface area contributed by atoms with Crippen molar-refractivity contribution in [3.05, 3.63) is 10.4 Å². The summed E-state index contributed by atoms with van der Waals surface area (Å²) in [4.78, 5) is 7.52. The van der Waals surface area contributed by atoms with Gasteiger partial charge in [-0.15, -0.1) is 4.65 Å². The maximum atomic E-state index is 8.04. The number of quaternary nitrogens is 1. The van der Waals surface area contributed by atoms with Crippen LogP contribution in [0.15, 0.2) is 5.28 Å². The normalized spacial score (nSPS) is 10.5. The summed E-state index contributed by atoms with van der Waals surface area (Å²) in [5, 5.41) is 3.11. The molecule has 0 heterocycles. The minimum atomic E-state index is 0.393. The van der Waals surface area contributed by atoms with E-state index in [0.29, 0.717) is 4.65 Å². The zero-order valence-corrected chi connectivity index (χ0v) is 7.32. The van der Waals surface area contributed by atoms with Crippen molar-refractivity contribution in [2.75, 3.05) is 19.6 Å². The van der Waals surface area contributed by atoms with E-state index in [1.54, 1.807) is 0 Å². The van der Waals surface area contributed by atoms with Crippen molar-refractivity contribution < 1.29 is 9.58 Å². The Kier molecular flexibility index (Phi) is 4.41. The van der Waals surface area contributed by atoms with Gasteiger partial charge in [-0.2, -0.15) is 0 Å². The van der Waals surface area contributed by atoms with Crippen molar-refractivity contribution >= 4 is 0 Å². The van der Waals surface area contributed by atoms with E-state index in [1.807, 2.05) is 20.8 Å². The number of rotatable bonds is 5. The molecular weight excluding hydrogens is 144 g/mol. The molecule has 0 rings (SSSR count). The molecule has 0 spiro atoms. The molecule has 0 atom stereocenters. The molecule has 0 aliphatic heterocycles. The molecular formula is C6H15N4O+. The van der Waals surface area contributed by atoms with Gasteiger partial charge in [0.1, 0.15) is 19.6 Å². The monoisotopic (exact) mass is 159 g/mol. The van der Waals surface area contributed by atoms with Crippen molar-refractivity contribution in [3.8, 4) is 0 Å². The van der Waals surface area contributed by atoms with Gasteiger partial charge in [0.15, 0.2) is 5.28 Å². The highest BCUT2D eigenvalue weighted by Crippen LogP contribution is 2.06. The molecule has 0 N–H and O–H groups in total. The van der Waals surface area contributed by atoms with E-state index in [4.69, 9.17) is 10.5 Å². The molecule has 0 aromatic carbocycles. The van der Waals surface area contributed by atoms with E-state index in [-0.39, 0.29) is 0 Å². The quantitative estimate of drug-likeness (QED) is 0.199. The van der Waals surface area contributed by atoms with Gasteiger partial charge in [0, 0.05) is 4.91 Å². The molecule has 0 unspecified atom stereocenters. The highest BCUT2D eigenvalue weighted by atomic mass is 16.8. The van der Waals surface area contributed by atoms with Crippen LogP contribution in [0.3, 0.4) is 0 Å². The average Bonchev–Trinajstić information content (AvgIpc) is 2.08. The van der Waals surface area contributed by atoms with Crippen LogP contribution in [0, 0.1) is 0 Å². The van der Waals surface area contributed by atoms with Gasteiger partial charge in [-0.1, -0.05) is 0 Å². The van der Waals surface area contributed by atoms with E-state index < -0.39 is 0 Å². The minimum absolute atomic E-state index is 0.393. The first-order valence-corrected chi connectivity index (χ1v) is 3.84. The number of hydrogen-bond donors (Lipinski definition) is 0. The first-order chi connectivity index (χ1) is 5.24. The zero-order chi connectivity index (χ0) is 8.74. The van der Waals surface area contributed by atoms with Crippen LogP contribution in [-0.4, -0.2) is 24.3 Å². The Morgan fingerprint density at radius 1 is 1.27 bits per heavy atom. The van der Waals surface area contributed by atoms with E-state index in [1.165, 1.54) is 0 Å². The predicted molar refractivity (Wildman–Crippen MR) is 42.1 cm³/mol. The Labute approximate surface area is 66.7 Å². The van der Waals surface area contributed by atoms with Gasteiger partial charge in [0.25, 0.3) is 0 Å². The Hall–Kier alpha value is -0.930. The number of azide groups is 1. The molecule has 0 radical (unpaired) electrons. The lowest BCUT2D eigenvalue weighted by molar-refractivity contribution is -1.10. The van der Waals surface area contributed by atoms with Gasteiger partial charge in [0.2, 0.25) is 0 Å². The molecule has 0 fully saturated rings. The minimum Gasteiger partial charge on any atom is -0.231 e. The summed E-state index contributed by atoms with van der Waals surface area (Å²) in [6.45, 7) is 8.43. The van der Waals surface area contributed by atoms with Gasteiger partial charge in [-0.25, -0.2) is 4.94 Å². The van der Waals surface area contributed by atoms with E-state index in [0.717, 1.165) is 19.6 Å². The molecule has 0 bridgehead atoms. The Balaban J connectivity index is 4.15. The largest absolute Gasteiger partial charge is 0.231 e. The van der Waals surface area contributed by atoms with E-state index >= 15 is 0 Å². The topological polar surface area (TPSA) is 58.0 Å². The first kappa shape index (κ1) is 10.1. The van der Waals surface area contributed by atoms with Gasteiger partial charge in [-0.05, 0) is 26.3 Å². The number of nitrogens with zero attached hydrogens (tertiary/aromatic N) is 4. The number of hydrogen-bond acceptors (Lipinski definition) is 2. The molecule has 5 heteroatoms. The Morgan fingerprint density at radius 3 is 2.00 bits per heavy atom. The number of hydroxylamine groups is 3. The maximum Gasteiger partial charge on any atom is 0.167 e. The molecule has 0 aromatic rings. The molecule has 5 nitrogen and oxygen atoms in total. The smallest absolute Gasteiger partial charge is 0.167 e. The third-order valence-corrected chi connectivity index (χ3v) is 1.98. The second-order valence-electron chi connectivity index (χ2n) is 2.26. The molecule has 0 amide bonds. The molecule has 64 valence electrons. The summed E-state index contributed by atoms with van der Waals surface area (Å²) in [5.74, 6) is 0. The summed E-state index contributed by atoms with van der Waals surface area (Å²) in [7, 11) is 0. The Morgan fingerprint density at radius 2 is 1.73 bits per heavy atom. The second kappa shape index (κ2) is 4.82. The fourth-order valence-corrected chi connectivity index (χ4v) is 0.938. The lowest BCUT2D eigenvalue weighted by Crippen LogP contribution is -2.45. The van der Waals surface area contributed by atoms with Crippen LogP contribution in [0.4, 0.5) is 0 Å². The van der Waals surface area contributed by atoms with Crippen LogP contribution in [0.1, 0.15) is 20.8 Å². The first-order valence-electron chi connectivity index (χ1n) is 3.84. The van der Waals surface area contributed by atoms with Gasteiger partial charge >= 0.3 is 0 Å². The van der Waals surface area contributed by atoms with Crippen molar-refractivity contribution in [3.63, 3.8) is 0 Å². The molecule has 0 saturated heterocycles. The van der Waals surface area contributed by atoms with Crippen molar-refractivity contribution in [1.82, 2.24) is 0 Å². The molecule has 0 aliphatic rings. The van der Waals surface area contributed by atoms with Gasteiger partial charge < -0.3 is 0 Å². The molecule has 0 saturated carbocycles. The third kappa shape index (κ3) is 2.65. The van der Waals surface area contributed by atoms with Crippen LogP contribution in [-0.2, 0) is 4.94 Å². The van der Waals surface area contributed by atoms with Crippen LogP contribution in [0.5, 0.6) is 0 Å². The maximum absolute atomic E-state index is 8.04. The van der Waals surface area contributed by atoms with Crippen molar-refractivity contribution in [2.24, 2.45) is 5.28 Å². The van der Waals surface area contributed by atoms with Gasteiger partial charge in [-0.3, -0.25) is 0 Å². The second-order valence-corrected chi connectivity index (χ2v) is 2.26. The van der Waals surface area contributed by atoms with E-state index in [9.17, 15) is 0 Å². The van der Waals surface area contributed by atoms with E-state index in [2.05, 4.69) is 10.2 Å². The average molecular weight is 159 g/mol.